The number of aromatic amines is 1. The van der Waals surface area contributed by atoms with Crippen LogP contribution in [0.15, 0.2) is 17.1 Å². The van der Waals surface area contributed by atoms with Gasteiger partial charge in [-0.3, -0.25) is 24.0 Å². The molecule has 2 amide bonds. The normalized spacial score (nSPS) is 17.2. The molecule has 0 unspecified atom stereocenters. The molecule has 3 N–H and O–H groups in total. The van der Waals surface area contributed by atoms with Gasteiger partial charge < -0.3 is 15.3 Å². The molecule has 14 heteroatoms. The number of rotatable bonds is 5. The first-order chi connectivity index (χ1) is 16.8. The van der Waals surface area contributed by atoms with Crippen molar-refractivity contribution in [1.29, 1.82) is 0 Å². The number of carbonyl (C=O) groups excluding carboxylic acids is 2. The highest BCUT2D eigenvalue weighted by Crippen LogP contribution is 2.31. The van der Waals surface area contributed by atoms with Gasteiger partial charge in [-0.1, -0.05) is 20.8 Å². The maximum atomic E-state index is 13.7. The SMILES string of the molecule is CC(C)(C)Cn1c(O)c(C(=O)NC2CC2)c(=O)n2nc(-c3[nH]ncc3C(=O)N3CCC(F)(F)C3)cc12.Cl. The minimum atomic E-state index is -2.95. The molecule has 0 radical (unpaired) electrons. The molecule has 37 heavy (non-hydrogen) atoms. The lowest BCUT2D eigenvalue weighted by molar-refractivity contribution is 0.0120. The predicted molar refractivity (Wildman–Crippen MR) is 131 cm³/mol. The van der Waals surface area contributed by atoms with E-state index in [9.17, 15) is 28.3 Å². The van der Waals surface area contributed by atoms with E-state index in [0.717, 1.165) is 22.3 Å². The molecule has 1 saturated carbocycles. The van der Waals surface area contributed by atoms with Crippen LogP contribution in [-0.4, -0.2) is 71.3 Å². The average Bonchev–Trinajstić information content (AvgIpc) is 3.16. The van der Waals surface area contributed by atoms with Gasteiger partial charge in [-0.15, -0.1) is 12.4 Å². The number of amides is 2. The van der Waals surface area contributed by atoms with Crippen molar-refractivity contribution in [3.05, 3.63) is 33.7 Å². The number of hydrogen-bond donors (Lipinski definition) is 3. The van der Waals surface area contributed by atoms with Gasteiger partial charge in [-0.25, -0.2) is 8.78 Å². The summed E-state index contributed by atoms with van der Waals surface area (Å²) in [6.07, 6.45) is 2.41. The zero-order valence-electron chi connectivity index (χ0n) is 20.5. The largest absolute Gasteiger partial charge is 0.494 e. The molecule has 4 heterocycles. The predicted octanol–water partition coefficient (Wildman–Crippen LogP) is 2.43. The van der Waals surface area contributed by atoms with Gasteiger partial charge in [0.05, 0.1) is 24.0 Å². The van der Waals surface area contributed by atoms with Crippen molar-refractivity contribution >= 4 is 29.9 Å². The second kappa shape index (κ2) is 9.12. The number of likely N-dealkylation sites (tertiary alicyclic amines) is 1. The number of halogens is 3. The topological polar surface area (TPSA) is 138 Å². The minimum absolute atomic E-state index is 0. The molecule has 11 nitrogen and oxygen atoms in total. The molecule has 1 saturated heterocycles. The Balaban J connectivity index is 0.00000320. The van der Waals surface area contributed by atoms with Gasteiger partial charge in [0.25, 0.3) is 23.3 Å². The van der Waals surface area contributed by atoms with Crippen LogP contribution in [0, 0.1) is 5.41 Å². The van der Waals surface area contributed by atoms with E-state index >= 15 is 0 Å². The van der Waals surface area contributed by atoms with Crippen molar-refractivity contribution < 1.29 is 23.5 Å². The van der Waals surface area contributed by atoms with Crippen LogP contribution in [0.1, 0.15) is 60.7 Å². The standard InChI is InChI=1S/C23H27F2N7O4.ClH/c1-22(2,3)10-31-15-8-14(17-13(9-26-28-17)19(34)30-7-6-23(24,25)11-30)29-32(15)21(36)16(20(31)35)18(33)27-12-4-5-12;/h8-9,12,35H,4-7,10-11H2,1-3H3,(H,26,28)(H,27,33);1H. The molecule has 3 aromatic heterocycles. The molecule has 200 valence electrons. The minimum Gasteiger partial charge on any atom is -0.494 e. The molecule has 1 aliphatic carbocycles. The summed E-state index contributed by atoms with van der Waals surface area (Å²) >= 11 is 0. The Kier molecular flexibility index (Phi) is 6.55. The third-order valence-electron chi connectivity index (χ3n) is 6.21. The van der Waals surface area contributed by atoms with Gasteiger partial charge in [0.15, 0.2) is 5.56 Å². The Morgan fingerprint density at radius 2 is 2.00 bits per heavy atom. The first-order valence-electron chi connectivity index (χ1n) is 11.7. The zero-order chi connectivity index (χ0) is 26.0. The second-order valence-electron chi connectivity index (χ2n) is 10.7. The first kappa shape index (κ1) is 26.6. The quantitative estimate of drug-likeness (QED) is 0.455. The van der Waals surface area contributed by atoms with Crippen LogP contribution < -0.4 is 10.9 Å². The molecule has 3 aromatic rings. The fraction of sp³-hybridized carbons (Fsp3) is 0.522. The number of carbonyl (C=O) groups is 2. The summed E-state index contributed by atoms with van der Waals surface area (Å²) in [5.74, 6) is -4.75. The van der Waals surface area contributed by atoms with Crippen LogP contribution in [0.5, 0.6) is 5.88 Å². The molecule has 0 aromatic carbocycles. The summed E-state index contributed by atoms with van der Waals surface area (Å²) in [6, 6.07) is 1.45. The van der Waals surface area contributed by atoms with Crippen LogP contribution in [0.3, 0.4) is 0 Å². The summed E-state index contributed by atoms with van der Waals surface area (Å²) in [7, 11) is 0. The monoisotopic (exact) mass is 539 g/mol. The van der Waals surface area contributed by atoms with Crippen molar-refractivity contribution in [2.24, 2.45) is 5.41 Å². The van der Waals surface area contributed by atoms with Crippen molar-refractivity contribution in [2.45, 2.75) is 58.5 Å². The molecule has 1 aliphatic heterocycles. The lowest BCUT2D eigenvalue weighted by atomic mass is 9.96. The lowest BCUT2D eigenvalue weighted by Gasteiger charge is -2.23. The van der Waals surface area contributed by atoms with E-state index in [1.807, 2.05) is 20.8 Å². The Morgan fingerprint density at radius 1 is 1.30 bits per heavy atom. The molecule has 0 bridgehead atoms. The van der Waals surface area contributed by atoms with Gasteiger partial charge in [-0.05, 0) is 18.3 Å². The van der Waals surface area contributed by atoms with Crippen molar-refractivity contribution in [3.8, 4) is 17.3 Å². The first-order valence-corrected chi connectivity index (χ1v) is 11.7. The fourth-order valence-corrected chi connectivity index (χ4v) is 4.32. The number of hydrogen-bond acceptors (Lipinski definition) is 6. The van der Waals surface area contributed by atoms with E-state index in [0.29, 0.717) is 0 Å². The molecule has 0 spiro atoms. The third kappa shape index (κ3) is 5.04. The molecular formula is C23H28ClF2N7O4. The Hall–Kier alpha value is -3.48. The van der Waals surface area contributed by atoms with E-state index in [2.05, 4.69) is 20.6 Å². The van der Waals surface area contributed by atoms with Crippen LogP contribution >= 0.6 is 12.4 Å². The summed E-state index contributed by atoms with van der Waals surface area (Å²) in [5.41, 5.74) is -1.08. The molecular weight excluding hydrogens is 512 g/mol. The molecule has 2 aliphatic rings. The van der Waals surface area contributed by atoms with Crippen LogP contribution in [0.25, 0.3) is 17.0 Å². The van der Waals surface area contributed by atoms with Crippen molar-refractivity contribution in [3.63, 3.8) is 0 Å². The number of aromatic nitrogens is 5. The third-order valence-corrected chi connectivity index (χ3v) is 6.21. The fourth-order valence-electron chi connectivity index (χ4n) is 4.32. The highest BCUT2D eigenvalue weighted by atomic mass is 35.5. The number of nitrogens with zero attached hydrogens (tertiary/aromatic N) is 5. The maximum Gasteiger partial charge on any atom is 0.291 e. The zero-order valence-corrected chi connectivity index (χ0v) is 21.4. The summed E-state index contributed by atoms with van der Waals surface area (Å²) in [6.45, 7) is 5.25. The molecule has 2 fully saturated rings. The smallest absolute Gasteiger partial charge is 0.291 e. The number of nitrogens with one attached hydrogen (secondary N) is 2. The van der Waals surface area contributed by atoms with E-state index < -0.39 is 47.7 Å². The van der Waals surface area contributed by atoms with Crippen molar-refractivity contribution in [1.82, 2.24) is 34.6 Å². The maximum absolute atomic E-state index is 13.7. The van der Waals surface area contributed by atoms with E-state index in [-0.39, 0.29) is 59.6 Å². The number of fused-ring (bicyclic) bond motifs is 1. The second-order valence-corrected chi connectivity index (χ2v) is 10.7. The van der Waals surface area contributed by atoms with Crippen LogP contribution in [-0.2, 0) is 6.54 Å². The highest BCUT2D eigenvalue weighted by molar-refractivity contribution is 6.00. The summed E-state index contributed by atoms with van der Waals surface area (Å²) in [5, 5.41) is 24.6. The van der Waals surface area contributed by atoms with Gasteiger partial charge in [-0.2, -0.15) is 14.7 Å². The van der Waals surface area contributed by atoms with Crippen molar-refractivity contribution in [2.75, 3.05) is 13.1 Å². The van der Waals surface area contributed by atoms with E-state index in [4.69, 9.17) is 0 Å². The van der Waals surface area contributed by atoms with E-state index in [1.165, 1.54) is 16.8 Å². The highest BCUT2D eigenvalue weighted by Gasteiger charge is 2.41. The summed E-state index contributed by atoms with van der Waals surface area (Å²) < 4.78 is 29.8. The molecule has 0 atom stereocenters. The van der Waals surface area contributed by atoms with Gasteiger partial charge >= 0.3 is 0 Å². The van der Waals surface area contributed by atoms with Crippen LogP contribution in [0.4, 0.5) is 8.78 Å². The lowest BCUT2D eigenvalue weighted by Crippen LogP contribution is -2.35. The Bertz CT molecular complexity index is 1440. The van der Waals surface area contributed by atoms with Gasteiger partial charge in [0, 0.05) is 31.6 Å². The van der Waals surface area contributed by atoms with Gasteiger partial charge in [0.2, 0.25) is 5.88 Å². The van der Waals surface area contributed by atoms with Gasteiger partial charge in [0.1, 0.15) is 11.3 Å². The Labute approximate surface area is 216 Å². The number of aromatic hydroxyl groups is 1. The number of H-pyrrole nitrogens is 1. The molecule has 5 rings (SSSR count). The number of alkyl halides is 2. The Morgan fingerprint density at radius 3 is 2.59 bits per heavy atom. The summed E-state index contributed by atoms with van der Waals surface area (Å²) in [4.78, 5) is 40.1. The van der Waals surface area contributed by atoms with E-state index in [1.54, 1.807) is 0 Å². The van der Waals surface area contributed by atoms with Crippen LogP contribution in [0.2, 0.25) is 0 Å². The average molecular weight is 540 g/mol.